The van der Waals surface area contributed by atoms with E-state index in [4.69, 9.17) is 4.74 Å². The minimum atomic E-state index is -0.790. The second kappa shape index (κ2) is 20.6. The number of carbonyl (C=O) groups excluding carboxylic acids is 4. The number of aromatic hydroxyl groups is 1. The number of alkyl carbamates (subject to hydrolysis) is 1. The van der Waals surface area contributed by atoms with Gasteiger partial charge in [0, 0.05) is 23.1 Å². The third kappa shape index (κ3) is 12.4. The van der Waals surface area contributed by atoms with E-state index in [0.717, 1.165) is 74.4 Å². The van der Waals surface area contributed by atoms with Gasteiger partial charge in [-0.15, -0.1) is 6.58 Å². The number of nitrogens with one attached hydrogen (secondary N) is 3. The number of rotatable bonds is 16. The van der Waals surface area contributed by atoms with Gasteiger partial charge < -0.3 is 25.4 Å². The molecule has 2 aromatic rings. The Morgan fingerprint density at radius 1 is 1.00 bits per heavy atom. The van der Waals surface area contributed by atoms with Crippen molar-refractivity contribution in [3.63, 3.8) is 0 Å². The Balaban J connectivity index is 0.000000998. The van der Waals surface area contributed by atoms with Gasteiger partial charge in [-0.05, 0) is 94.2 Å². The summed E-state index contributed by atoms with van der Waals surface area (Å²) in [5.41, 5.74) is 1.61. The largest absolute Gasteiger partial charge is 0.506 e. The van der Waals surface area contributed by atoms with E-state index in [0.29, 0.717) is 31.1 Å². The zero-order valence-electron chi connectivity index (χ0n) is 31.4. The smallest absolute Gasteiger partial charge is 0.407 e. The number of unbranched alkanes of at least 4 members (excludes halogenated alkanes) is 2. The summed E-state index contributed by atoms with van der Waals surface area (Å²) in [6.45, 7) is 5.74. The standard InChI is InChI=1S/C36H49N5O6S.C5H10/c1-3-23(2)33(35(45)40-48-26-18-19-26)39-34(44)29-16-10-20-41(29)32(43)22-37-36(46)47-31-17-9-13-24(31)11-5-4-6-15-28-30(42)21-25-12-7-8-14-27(25)38-28;1-2-4-5-3-1/h3,7-8,12,14,21,23-24,26,29,31,33,42H,1,4-6,9-11,13,15-20,22H2,2H3,(H,37,46)(H,39,44)(H,40,45);1-5H2/t23-,24?,29?,31+,33?;/m0./s1. The summed E-state index contributed by atoms with van der Waals surface area (Å²) in [5, 5.41) is 17.2. The second-order valence-corrected chi connectivity index (χ2v) is 16.2. The number of ether oxygens (including phenoxy) is 1. The molecule has 1 aromatic carbocycles. The average molecular weight is 750 g/mol. The van der Waals surface area contributed by atoms with E-state index >= 15 is 0 Å². The van der Waals surface area contributed by atoms with E-state index in [9.17, 15) is 24.3 Å². The van der Waals surface area contributed by atoms with Crippen LogP contribution in [0.4, 0.5) is 4.79 Å². The Kier molecular flexibility index (Phi) is 15.7. The quantitative estimate of drug-likeness (QED) is 0.0806. The highest BCUT2D eigenvalue weighted by Gasteiger charge is 2.37. The Bertz CT molecular complexity index is 1540. The molecule has 1 aromatic heterocycles. The van der Waals surface area contributed by atoms with Crippen LogP contribution in [0.15, 0.2) is 43.0 Å². The number of hydrogen-bond acceptors (Lipinski definition) is 8. The number of para-hydroxylation sites is 1. The van der Waals surface area contributed by atoms with Crippen molar-refractivity contribution in [1.29, 1.82) is 0 Å². The van der Waals surface area contributed by atoms with Crippen molar-refractivity contribution < 1.29 is 29.0 Å². The number of benzene rings is 1. The lowest BCUT2D eigenvalue weighted by Gasteiger charge is -2.28. The molecule has 4 aliphatic rings. The molecule has 3 unspecified atom stereocenters. The molecule has 3 aliphatic carbocycles. The number of nitrogens with zero attached hydrogens (tertiary/aromatic N) is 2. The van der Waals surface area contributed by atoms with E-state index < -0.39 is 18.2 Å². The lowest BCUT2D eigenvalue weighted by atomic mass is 9.97. The number of aryl methyl sites for hydroxylation is 1. The third-order valence-corrected chi connectivity index (χ3v) is 12.1. The van der Waals surface area contributed by atoms with Gasteiger partial charge in [-0.1, -0.05) is 76.1 Å². The van der Waals surface area contributed by atoms with Crippen molar-refractivity contribution in [3.8, 4) is 5.75 Å². The van der Waals surface area contributed by atoms with Crippen molar-refractivity contribution in [2.75, 3.05) is 13.1 Å². The Morgan fingerprint density at radius 3 is 2.49 bits per heavy atom. The topological polar surface area (TPSA) is 150 Å². The predicted octanol–water partition coefficient (Wildman–Crippen LogP) is 7.11. The first kappa shape index (κ1) is 40.4. The molecule has 1 aliphatic heterocycles. The summed E-state index contributed by atoms with van der Waals surface area (Å²) < 4.78 is 8.60. The van der Waals surface area contributed by atoms with Gasteiger partial charge in [0.25, 0.3) is 5.91 Å². The molecule has 12 heteroatoms. The molecule has 53 heavy (non-hydrogen) atoms. The maximum Gasteiger partial charge on any atom is 0.407 e. The van der Waals surface area contributed by atoms with E-state index in [1.165, 1.54) is 49.0 Å². The molecule has 1 saturated heterocycles. The fourth-order valence-electron chi connectivity index (χ4n) is 7.55. The molecule has 4 amide bonds. The first-order valence-corrected chi connectivity index (χ1v) is 20.8. The molecule has 2 heterocycles. The number of carbonyl (C=O) groups is 4. The molecule has 5 atom stereocenters. The van der Waals surface area contributed by atoms with Crippen LogP contribution in [0.25, 0.3) is 10.9 Å². The van der Waals surface area contributed by atoms with Gasteiger partial charge in [0.15, 0.2) is 0 Å². The Morgan fingerprint density at radius 2 is 1.75 bits per heavy atom. The maximum absolute atomic E-state index is 13.3. The van der Waals surface area contributed by atoms with Crippen LogP contribution in [0.2, 0.25) is 0 Å². The zero-order valence-corrected chi connectivity index (χ0v) is 32.2. The molecule has 4 N–H and O–H groups in total. The van der Waals surface area contributed by atoms with E-state index in [1.807, 2.05) is 31.2 Å². The number of likely N-dealkylation sites (tertiary alicyclic amines) is 1. The normalized spacial score (nSPS) is 22.0. The van der Waals surface area contributed by atoms with Crippen molar-refractivity contribution in [2.24, 2.45) is 11.8 Å². The van der Waals surface area contributed by atoms with Crippen LogP contribution in [0.1, 0.15) is 115 Å². The highest BCUT2D eigenvalue weighted by Crippen LogP contribution is 2.33. The number of pyridine rings is 1. The van der Waals surface area contributed by atoms with Crippen LogP contribution in [0.5, 0.6) is 5.75 Å². The van der Waals surface area contributed by atoms with E-state index in [2.05, 4.69) is 26.9 Å². The number of fused-ring (bicyclic) bond motifs is 1. The summed E-state index contributed by atoms with van der Waals surface area (Å²) in [6.07, 6.45) is 18.9. The molecular formula is C41H59N5O6S. The van der Waals surface area contributed by atoms with E-state index in [-0.39, 0.29) is 48.0 Å². The number of amides is 4. The van der Waals surface area contributed by atoms with Gasteiger partial charge in [0.1, 0.15) is 30.5 Å². The third-order valence-electron chi connectivity index (χ3n) is 11.0. The van der Waals surface area contributed by atoms with Gasteiger partial charge in [0.05, 0.1) is 11.2 Å². The molecule has 0 bridgehead atoms. The van der Waals surface area contributed by atoms with Gasteiger partial charge >= 0.3 is 6.09 Å². The first-order chi connectivity index (χ1) is 25.7. The lowest BCUT2D eigenvalue weighted by molar-refractivity contribution is -0.139. The summed E-state index contributed by atoms with van der Waals surface area (Å²) in [4.78, 5) is 58.0. The summed E-state index contributed by atoms with van der Waals surface area (Å²) in [5.74, 6) is -0.806. The lowest BCUT2D eigenvalue weighted by Crippen LogP contribution is -2.55. The summed E-state index contributed by atoms with van der Waals surface area (Å²) in [7, 11) is 0. The van der Waals surface area contributed by atoms with Gasteiger partial charge in [-0.2, -0.15) is 0 Å². The van der Waals surface area contributed by atoms with Crippen molar-refractivity contribution >= 4 is 46.7 Å². The fourth-order valence-corrected chi connectivity index (χ4v) is 8.34. The molecule has 6 rings (SSSR count). The summed E-state index contributed by atoms with van der Waals surface area (Å²) in [6, 6.07) is 8.04. The highest BCUT2D eigenvalue weighted by atomic mass is 32.2. The monoisotopic (exact) mass is 749 g/mol. The maximum atomic E-state index is 13.3. The van der Waals surface area contributed by atoms with Gasteiger partial charge in [-0.3, -0.25) is 19.1 Å². The average Bonchev–Trinajstić information content (AvgIpc) is 3.54. The highest BCUT2D eigenvalue weighted by molar-refractivity contribution is 7.98. The van der Waals surface area contributed by atoms with Crippen LogP contribution in [0, 0.1) is 11.8 Å². The van der Waals surface area contributed by atoms with Crippen molar-refractivity contribution in [2.45, 2.75) is 140 Å². The van der Waals surface area contributed by atoms with Crippen molar-refractivity contribution in [1.82, 2.24) is 25.2 Å². The Labute approximate surface area is 319 Å². The van der Waals surface area contributed by atoms with Crippen LogP contribution >= 0.6 is 11.9 Å². The SMILES string of the molecule is C1CCCC1.C=C[C@H](C)C(NC(=O)C1CCCN1C(=O)CNC(=O)O[C@@H]1CCCC1CCCCCc1nc2ccccc2cc1O)C(=O)NSC1CC1. The van der Waals surface area contributed by atoms with Gasteiger partial charge in [0.2, 0.25) is 11.8 Å². The van der Waals surface area contributed by atoms with E-state index in [1.54, 1.807) is 12.1 Å². The van der Waals surface area contributed by atoms with Crippen LogP contribution < -0.4 is 15.4 Å². The molecule has 4 fully saturated rings. The Hall–Kier alpha value is -3.80. The summed E-state index contributed by atoms with van der Waals surface area (Å²) >= 11 is 1.39. The van der Waals surface area contributed by atoms with Crippen LogP contribution in [0.3, 0.4) is 0 Å². The minimum absolute atomic E-state index is 0.190. The molecule has 3 saturated carbocycles. The molecule has 290 valence electrons. The van der Waals surface area contributed by atoms with Gasteiger partial charge in [-0.25, -0.2) is 9.78 Å². The molecule has 0 spiro atoms. The van der Waals surface area contributed by atoms with Crippen LogP contribution in [-0.4, -0.2) is 75.3 Å². The molecule has 0 radical (unpaired) electrons. The van der Waals surface area contributed by atoms with Crippen LogP contribution in [-0.2, 0) is 25.5 Å². The van der Waals surface area contributed by atoms with Crippen molar-refractivity contribution in [3.05, 3.63) is 48.7 Å². The minimum Gasteiger partial charge on any atom is -0.506 e. The predicted molar refractivity (Wildman–Crippen MR) is 209 cm³/mol. The fraction of sp³-hybridized carbons (Fsp3) is 0.634. The zero-order chi connectivity index (χ0) is 37.6. The first-order valence-electron chi connectivity index (χ1n) is 19.9. The molecular weight excluding hydrogens is 691 g/mol. The number of hydrogen-bond donors (Lipinski definition) is 4. The second-order valence-electron chi connectivity index (χ2n) is 15.1. The molecule has 11 nitrogen and oxygen atoms in total. The number of aromatic nitrogens is 1.